The molecule has 3 heterocycles. The molecule has 1 saturated heterocycles. The van der Waals surface area contributed by atoms with Gasteiger partial charge in [-0.2, -0.15) is 0 Å². The third-order valence-corrected chi connectivity index (χ3v) is 13.0. The summed E-state index contributed by atoms with van der Waals surface area (Å²) in [6.45, 7) is 4.79. The number of benzene rings is 1. The van der Waals surface area contributed by atoms with Gasteiger partial charge in [0.1, 0.15) is 12.4 Å². The molecule has 1 aromatic carbocycles. The van der Waals surface area contributed by atoms with Crippen molar-refractivity contribution in [1.29, 1.82) is 0 Å². The number of aliphatic hydroxyl groups is 1. The molecule has 0 radical (unpaired) electrons. The Morgan fingerprint density at radius 2 is 1.82 bits per heavy atom. The Bertz CT molecular complexity index is 1370. The SMILES string of the molecule is Cc1ncoc1COc1ccc2c(c1)CCN(C[C@@H](O)CNC(=O)C1CC(NC3CC4(CCC4)C3)NC(C3CCCCCCCCCC3)C1)C2. The van der Waals surface area contributed by atoms with Gasteiger partial charge in [-0.1, -0.05) is 63.9 Å². The number of aliphatic hydroxyl groups excluding tert-OH is 1. The molecule has 3 unspecified atom stereocenters. The van der Waals surface area contributed by atoms with E-state index in [0.29, 0.717) is 43.1 Å². The van der Waals surface area contributed by atoms with Crippen molar-refractivity contribution in [1.82, 2.24) is 25.8 Å². The van der Waals surface area contributed by atoms with Crippen molar-refractivity contribution in [2.75, 3.05) is 19.6 Å². The maximum atomic E-state index is 13.8. The second-order valence-electron chi connectivity index (χ2n) is 16.7. The fraction of sp³-hybridized carbons (Fsp3) is 0.756. The van der Waals surface area contributed by atoms with Crippen LogP contribution in [0.4, 0.5) is 0 Å². The first-order chi connectivity index (χ1) is 24.4. The van der Waals surface area contributed by atoms with Gasteiger partial charge in [-0.15, -0.1) is 0 Å². The molecule has 9 nitrogen and oxygen atoms in total. The predicted octanol–water partition coefficient (Wildman–Crippen LogP) is 6.54. The molecule has 4 fully saturated rings. The highest BCUT2D eigenvalue weighted by Gasteiger charge is 2.49. The van der Waals surface area contributed by atoms with Gasteiger partial charge in [0.25, 0.3) is 0 Å². The number of oxazole rings is 1. The Kier molecular flexibility index (Phi) is 12.2. The van der Waals surface area contributed by atoms with Crippen LogP contribution in [0.15, 0.2) is 29.0 Å². The Hall–Kier alpha value is -2.46. The Balaban J connectivity index is 0.899. The van der Waals surface area contributed by atoms with E-state index in [-0.39, 0.29) is 18.0 Å². The van der Waals surface area contributed by atoms with E-state index in [1.165, 1.54) is 114 Å². The van der Waals surface area contributed by atoms with Crippen molar-refractivity contribution in [3.63, 3.8) is 0 Å². The minimum atomic E-state index is -0.601. The van der Waals surface area contributed by atoms with Crippen LogP contribution in [-0.4, -0.2) is 64.9 Å². The van der Waals surface area contributed by atoms with Crippen molar-refractivity contribution < 1.29 is 19.1 Å². The molecule has 5 aliphatic rings. The van der Waals surface area contributed by atoms with E-state index in [1.807, 2.05) is 13.0 Å². The number of hydrogen-bond acceptors (Lipinski definition) is 8. The first-order valence-corrected chi connectivity index (χ1v) is 20.3. The number of ether oxygens (including phenoxy) is 1. The van der Waals surface area contributed by atoms with Crippen LogP contribution in [0.1, 0.15) is 132 Å². The van der Waals surface area contributed by atoms with E-state index in [9.17, 15) is 9.90 Å². The van der Waals surface area contributed by atoms with Crippen LogP contribution < -0.4 is 20.7 Å². The van der Waals surface area contributed by atoms with E-state index >= 15 is 0 Å². The number of fused-ring (bicyclic) bond motifs is 1. The first-order valence-electron chi connectivity index (χ1n) is 20.3. The summed E-state index contributed by atoms with van der Waals surface area (Å²) in [6.07, 6.45) is 23.9. The monoisotopic (exact) mass is 689 g/mol. The Morgan fingerprint density at radius 1 is 1.06 bits per heavy atom. The van der Waals surface area contributed by atoms with Gasteiger partial charge in [0.15, 0.2) is 12.2 Å². The molecule has 7 rings (SSSR count). The lowest BCUT2D eigenvalue weighted by Gasteiger charge is -2.55. The Labute approximate surface area is 300 Å². The molecule has 2 aromatic rings. The molecule has 1 spiro atoms. The first kappa shape index (κ1) is 35.9. The van der Waals surface area contributed by atoms with Crippen LogP contribution in [0, 0.1) is 24.2 Å². The molecule has 3 saturated carbocycles. The van der Waals surface area contributed by atoms with Gasteiger partial charge < -0.3 is 19.6 Å². The number of amides is 1. The summed E-state index contributed by atoms with van der Waals surface area (Å²) in [7, 11) is 0. The van der Waals surface area contributed by atoms with Crippen molar-refractivity contribution in [3.8, 4) is 5.75 Å². The van der Waals surface area contributed by atoms with Crippen molar-refractivity contribution >= 4 is 5.91 Å². The fourth-order valence-corrected chi connectivity index (χ4v) is 9.81. The number of carbonyl (C=O) groups excluding carboxylic acids is 1. The largest absolute Gasteiger partial charge is 0.486 e. The predicted molar refractivity (Wildman–Crippen MR) is 196 cm³/mol. The fourth-order valence-electron chi connectivity index (χ4n) is 9.81. The number of rotatable bonds is 11. The molecule has 4 atom stereocenters. The van der Waals surface area contributed by atoms with E-state index in [4.69, 9.17) is 9.15 Å². The molecular weight excluding hydrogens is 626 g/mol. The standard InChI is InChI=1S/C41H63N5O4/c1-29-38(50-28-43-29)27-49-36-14-13-32-25-46(18-15-31(32)19-36)26-35(47)24-42-40(48)33-20-37(30-11-8-6-4-2-3-5-7-9-12-30)45-39(21-33)44-34-22-41(23-34)16-10-17-41/h13-14,19,28,30,33-35,37,39,44-45,47H,2-12,15-18,20-27H2,1H3,(H,42,48)/t33?,35-,37?,39?/m0/s1. The summed E-state index contributed by atoms with van der Waals surface area (Å²) in [5.74, 6) is 2.32. The maximum Gasteiger partial charge on any atom is 0.223 e. The number of aromatic nitrogens is 1. The van der Waals surface area contributed by atoms with Gasteiger partial charge in [-0.25, -0.2) is 4.98 Å². The third-order valence-electron chi connectivity index (χ3n) is 13.0. The summed E-state index contributed by atoms with van der Waals surface area (Å²) in [4.78, 5) is 20.2. The van der Waals surface area contributed by atoms with Gasteiger partial charge in [-0.3, -0.25) is 20.3 Å². The van der Waals surface area contributed by atoms with Gasteiger partial charge in [-0.05, 0) is 99.3 Å². The van der Waals surface area contributed by atoms with Gasteiger partial charge in [0.2, 0.25) is 5.91 Å². The topological polar surface area (TPSA) is 112 Å². The second-order valence-corrected chi connectivity index (χ2v) is 16.7. The number of piperidine rings is 1. The highest BCUT2D eigenvalue weighted by Crippen LogP contribution is 2.56. The van der Waals surface area contributed by atoms with Crippen LogP contribution in [0.5, 0.6) is 5.75 Å². The summed E-state index contributed by atoms with van der Waals surface area (Å²) in [5, 5.41) is 22.3. The van der Waals surface area contributed by atoms with Crippen LogP contribution >= 0.6 is 0 Å². The zero-order chi connectivity index (χ0) is 34.3. The lowest BCUT2D eigenvalue weighted by Crippen LogP contribution is -2.62. The molecule has 4 N–H and O–H groups in total. The zero-order valence-corrected chi connectivity index (χ0v) is 30.6. The summed E-state index contributed by atoms with van der Waals surface area (Å²) in [6, 6.07) is 7.23. The highest BCUT2D eigenvalue weighted by molar-refractivity contribution is 5.78. The highest BCUT2D eigenvalue weighted by atomic mass is 16.5. The summed E-state index contributed by atoms with van der Waals surface area (Å²) < 4.78 is 11.4. The average molecular weight is 690 g/mol. The van der Waals surface area contributed by atoms with Crippen LogP contribution in [0.2, 0.25) is 0 Å². The van der Waals surface area contributed by atoms with Crippen molar-refractivity contribution in [2.24, 2.45) is 17.3 Å². The van der Waals surface area contributed by atoms with Gasteiger partial charge in [0.05, 0.1) is 18.0 Å². The number of hydrogen-bond donors (Lipinski definition) is 4. The molecule has 1 aromatic heterocycles. The molecular formula is C41H63N5O4. The molecule has 1 amide bonds. The van der Waals surface area contributed by atoms with E-state index < -0.39 is 6.10 Å². The number of nitrogens with one attached hydrogen (secondary N) is 3. The van der Waals surface area contributed by atoms with Crippen molar-refractivity contribution in [2.45, 2.75) is 160 Å². The number of nitrogens with zero attached hydrogens (tertiary/aromatic N) is 2. The van der Waals surface area contributed by atoms with Crippen LogP contribution in [0.3, 0.4) is 0 Å². The smallest absolute Gasteiger partial charge is 0.223 e. The van der Waals surface area contributed by atoms with Gasteiger partial charge in [0, 0.05) is 44.2 Å². The normalized spacial score (nSPS) is 27.4. The molecule has 276 valence electrons. The Morgan fingerprint density at radius 3 is 2.52 bits per heavy atom. The third kappa shape index (κ3) is 9.30. The van der Waals surface area contributed by atoms with Crippen molar-refractivity contribution in [3.05, 3.63) is 47.2 Å². The molecule has 0 bridgehead atoms. The van der Waals surface area contributed by atoms with Crippen LogP contribution in [-0.2, 0) is 24.4 Å². The lowest BCUT2D eigenvalue weighted by atomic mass is 9.54. The number of aryl methyl sites for hydroxylation is 1. The summed E-state index contributed by atoms with van der Waals surface area (Å²) in [5.41, 5.74) is 4.04. The molecule has 50 heavy (non-hydrogen) atoms. The van der Waals surface area contributed by atoms with E-state index in [2.05, 4.69) is 38.0 Å². The average Bonchev–Trinajstić information content (AvgIpc) is 3.47. The maximum absolute atomic E-state index is 13.8. The minimum absolute atomic E-state index is 0.0203. The molecule has 3 aliphatic carbocycles. The van der Waals surface area contributed by atoms with Crippen LogP contribution in [0.25, 0.3) is 0 Å². The zero-order valence-electron chi connectivity index (χ0n) is 30.6. The second kappa shape index (κ2) is 16.9. The van der Waals surface area contributed by atoms with E-state index in [0.717, 1.165) is 49.6 Å². The van der Waals surface area contributed by atoms with Gasteiger partial charge >= 0.3 is 0 Å². The lowest BCUT2D eigenvalue weighted by molar-refractivity contribution is -0.127. The molecule has 2 aliphatic heterocycles. The minimum Gasteiger partial charge on any atom is -0.486 e. The number of β-amino-alcohol motifs (C(OH)–C–C–N with tert-alkyl or cyclic N) is 1. The quantitative estimate of drug-likeness (QED) is 0.211. The van der Waals surface area contributed by atoms with E-state index in [1.54, 1.807) is 0 Å². The number of carbonyl (C=O) groups is 1. The summed E-state index contributed by atoms with van der Waals surface area (Å²) >= 11 is 0. The molecule has 9 heteroatoms.